The lowest BCUT2D eigenvalue weighted by molar-refractivity contribution is -0.149. The van der Waals surface area contributed by atoms with Gasteiger partial charge in [-0.25, -0.2) is 0 Å². The second-order valence-corrected chi connectivity index (χ2v) is 6.61. The van der Waals surface area contributed by atoms with Gasteiger partial charge in [0.2, 0.25) is 0 Å². The Hall–Kier alpha value is -0.790. The van der Waals surface area contributed by atoms with Gasteiger partial charge in [-0.3, -0.25) is 4.79 Å². The summed E-state index contributed by atoms with van der Waals surface area (Å²) in [6.07, 6.45) is 12.5. The quantitative estimate of drug-likeness (QED) is 0.320. The summed E-state index contributed by atoms with van der Waals surface area (Å²) in [4.78, 5) is 12.0. The highest BCUT2D eigenvalue weighted by Gasteiger charge is 2.41. The molecule has 0 N–H and O–H groups in total. The van der Waals surface area contributed by atoms with Crippen LogP contribution in [0.1, 0.15) is 85.5 Å². The summed E-state index contributed by atoms with van der Waals surface area (Å²) in [7, 11) is 0. The second-order valence-electron chi connectivity index (χ2n) is 6.61. The Morgan fingerprint density at radius 1 is 1.25 bits per heavy atom. The molecular weight excluding hydrogens is 248 g/mol. The summed E-state index contributed by atoms with van der Waals surface area (Å²) < 4.78 is 5.65. The molecule has 1 aliphatic heterocycles. The molecule has 0 aromatic carbocycles. The Morgan fingerprint density at radius 2 is 1.90 bits per heavy atom. The molecule has 1 aliphatic rings. The van der Waals surface area contributed by atoms with Crippen LogP contribution in [0.4, 0.5) is 0 Å². The van der Waals surface area contributed by atoms with Crippen molar-refractivity contribution in [3.05, 3.63) is 11.6 Å². The van der Waals surface area contributed by atoms with E-state index in [1.807, 2.05) is 0 Å². The van der Waals surface area contributed by atoms with Crippen molar-refractivity contribution in [3.63, 3.8) is 0 Å². The molecule has 2 atom stereocenters. The first kappa shape index (κ1) is 17.3. The van der Waals surface area contributed by atoms with E-state index in [4.69, 9.17) is 4.74 Å². The molecule has 0 bridgehead atoms. The zero-order valence-corrected chi connectivity index (χ0v) is 13.8. The molecule has 0 aromatic rings. The van der Waals surface area contributed by atoms with Crippen LogP contribution in [0.5, 0.6) is 0 Å². The number of cyclic esters (lactones) is 1. The maximum atomic E-state index is 12.0. The fourth-order valence-corrected chi connectivity index (χ4v) is 3.02. The molecule has 0 saturated carbocycles. The van der Waals surface area contributed by atoms with Gasteiger partial charge in [-0.1, -0.05) is 51.2 Å². The molecule has 0 aliphatic carbocycles. The molecular formula is C18H32O2. The Bertz CT molecular complexity index is 332. The number of carbonyl (C=O) groups excluding carboxylic acids is 1. The van der Waals surface area contributed by atoms with Crippen LogP contribution in [0, 0.1) is 5.92 Å². The first-order valence-electron chi connectivity index (χ1n) is 8.41. The summed E-state index contributed by atoms with van der Waals surface area (Å²) in [5.41, 5.74) is 1.12. The van der Waals surface area contributed by atoms with Gasteiger partial charge in [0.15, 0.2) is 0 Å². The van der Waals surface area contributed by atoms with Gasteiger partial charge in [0.1, 0.15) is 5.60 Å². The molecule has 0 spiro atoms. The van der Waals surface area contributed by atoms with Crippen molar-refractivity contribution in [3.8, 4) is 0 Å². The molecule has 1 fully saturated rings. The average molecular weight is 280 g/mol. The van der Waals surface area contributed by atoms with Crippen molar-refractivity contribution in [2.45, 2.75) is 91.1 Å². The van der Waals surface area contributed by atoms with Crippen LogP contribution in [-0.4, -0.2) is 11.6 Å². The summed E-state index contributed by atoms with van der Waals surface area (Å²) in [6, 6.07) is 0. The maximum Gasteiger partial charge on any atom is 0.313 e. The third kappa shape index (κ3) is 5.68. The van der Waals surface area contributed by atoms with Crippen molar-refractivity contribution in [1.82, 2.24) is 0 Å². The molecule has 116 valence electrons. The zero-order chi connectivity index (χ0) is 15.0. The SMILES string of the molecule is CCCCCC(C)=CC1CC(C)(CCCCC)OC1=O. The summed E-state index contributed by atoms with van der Waals surface area (Å²) in [5.74, 6) is -0.0258. The standard InChI is InChI=1S/C18H32O2/c1-5-7-9-11-15(3)13-16-14-18(4,20-17(16)19)12-10-8-6-2/h13,16H,5-12,14H2,1-4H3. The molecule has 2 nitrogen and oxygen atoms in total. The predicted molar refractivity (Wildman–Crippen MR) is 84.6 cm³/mol. The second kappa shape index (κ2) is 8.49. The van der Waals surface area contributed by atoms with Gasteiger partial charge in [-0.05, 0) is 39.5 Å². The molecule has 20 heavy (non-hydrogen) atoms. The molecule has 0 radical (unpaired) electrons. The zero-order valence-electron chi connectivity index (χ0n) is 13.8. The van der Waals surface area contributed by atoms with Crippen LogP contribution in [0.3, 0.4) is 0 Å². The van der Waals surface area contributed by atoms with E-state index in [9.17, 15) is 4.79 Å². The first-order chi connectivity index (χ1) is 9.50. The Morgan fingerprint density at radius 3 is 2.55 bits per heavy atom. The lowest BCUT2D eigenvalue weighted by Crippen LogP contribution is -2.23. The van der Waals surface area contributed by atoms with Gasteiger partial charge in [0, 0.05) is 6.42 Å². The molecule has 1 heterocycles. The highest BCUT2D eigenvalue weighted by atomic mass is 16.6. The summed E-state index contributed by atoms with van der Waals surface area (Å²) in [6.45, 7) is 8.67. The van der Waals surface area contributed by atoms with Gasteiger partial charge in [0.25, 0.3) is 0 Å². The topological polar surface area (TPSA) is 26.3 Å². The van der Waals surface area contributed by atoms with Gasteiger partial charge < -0.3 is 4.74 Å². The van der Waals surface area contributed by atoms with Gasteiger partial charge in [-0.2, -0.15) is 0 Å². The molecule has 1 saturated heterocycles. The van der Waals surface area contributed by atoms with E-state index < -0.39 is 0 Å². The molecule has 2 unspecified atom stereocenters. The number of ether oxygens (including phenoxy) is 1. The number of carbonyl (C=O) groups is 1. The van der Waals surface area contributed by atoms with Crippen LogP contribution in [-0.2, 0) is 9.53 Å². The number of hydrogen-bond acceptors (Lipinski definition) is 2. The van der Waals surface area contributed by atoms with E-state index in [-0.39, 0.29) is 17.5 Å². The Labute approximate surface area is 125 Å². The minimum Gasteiger partial charge on any atom is -0.459 e. The number of esters is 1. The maximum absolute atomic E-state index is 12.0. The highest BCUT2D eigenvalue weighted by Crippen LogP contribution is 2.36. The minimum atomic E-state index is -0.225. The number of unbranched alkanes of at least 4 members (excludes halogenated alkanes) is 4. The van der Waals surface area contributed by atoms with Gasteiger partial charge in [0.05, 0.1) is 5.92 Å². The van der Waals surface area contributed by atoms with E-state index in [1.54, 1.807) is 0 Å². The predicted octanol–water partition coefficient (Wildman–Crippen LogP) is 5.42. The van der Waals surface area contributed by atoms with Crippen LogP contribution in [0.15, 0.2) is 11.6 Å². The number of allylic oxidation sites excluding steroid dienone is 1. The van der Waals surface area contributed by atoms with Crippen molar-refractivity contribution in [2.75, 3.05) is 0 Å². The fraction of sp³-hybridized carbons (Fsp3) is 0.833. The number of hydrogen-bond donors (Lipinski definition) is 0. The fourth-order valence-electron chi connectivity index (χ4n) is 3.02. The molecule has 0 aromatic heterocycles. The van der Waals surface area contributed by atoms with Crippen molar-refractivity contribution in [1.29, 1.82) is 0 Å². The highest BCUT2D eigenvalue weighted by molar-refractivity contribution is 5.77. The van der Waals surface area contributed by atoms with E-state index in [0.29, 0.717) is 0 Å². The summed E-state index contributed by atoms with van der Waals surface area (Å²) in [5, 5.41) is 0. The average Bonchev–Trinajstić information content (AvgIpc) is 2.65. The van der Waals surface area contributed by atoms with Crippen LogP contribution in [0.2, 0.25) is 0 Å². The van der Waals surface area contributed by atoms with Crippen LogP contribution < -0.4 is 0 Å². The van der Waals surface area contributed by atoms with Crippen LogP contribution in [0.25, 0.3) is 0 Å². The van der Waals surface area contributed by atoms with Crippen molar-refractivity contribution >= 4 is 5.97 Å². The lowest BCUT2D eigenvalue weighted by atomic mass is 9.89. The Kier molecular flexibility index (Phi) is 7.32. The van der Waals surface area contributed by atoms with Gasteiger partial charge >= 0.3 is 5.97 Å². The number of rotatable bonds is 9. The van der Waals surface area contributed by atoms with Gasteiger partial charge in [-0.15, -0.1) is 0 Å². The monoisotopic (exact) mass is 280 g/mol. The van der Waals surface area contributed by atoms with E-state index in [0.717, 1.165) is 25.7 Å². The van der Waals surface area contributed by atoms with Crippen LogP contribution >= 0.6 is 0 Å². The molecule has 0 amide bonds. The largest absolute Gasteiger partial charge is 0.459 e. The van der Waals surface area contributed by atoms with E-state index in [1.165, 1.54) is 37.7 Å². The smallest absolute Gasteiger partial charge is 0.313 e. The molecule has 2 heteroatoms. The van der Waals surface area contributed by atoms with E-state index in [2.05, 4.69) is 33.8 Å². The third-order valence-corrected chi connectivity index (χ3v) is 4.27. The van der Waals surface area contributed by atoms with E-state index >= 15 is 0 Å². The molecule has 1 rings (SSSR count). The van der Waals surface area contributed by atoms with Crippen molar-refractivity contribution < 1.29 is 9.53 Å². The lowest BCUT2D eigenvalue weighted by Gasteiger charge is -2.22. The third-order valence-electron chi connectivity index (χ3n) is 4.27. The minimum absolute atomic E-state index is 0.0109. The normalized spacial score (nSPS) is 26.9. The Balaban J connectivity index is 2.47. The first-order valence-corrected chi connectivity index (χ1v) is 8.41. The van der Waals surface area contributed by atoms with Crippen molar-refractivity contribution in [2.24, 2.45) is 5.92 Å². The summed E-state index contributed by atoms with van der Waals surface area (Å²) >= 11 is 0.